The molecule has 1 aliphatic heterocycles. The van der Waals surface area contributed by atoms with Gasteiger partial charge in [-0.2, -0.15) is 0 Å². The summed E-state index contributed by atoms with van der Waals surface area (Å²) in [6, 6.07) is 5.79. The van der Waals surface area contributed by atoms with E-state index in [0.717, 1.165) is 23.8 Å². The third-order valence-corrected chi connectivity index (χ3v) is 3.34. The summed E-state index contributed by atoms with van der Waals surface area (Å²) in [5.41, 5.74) is 1.22. The van der Waals surface area contributed by atoms with Crippen molar-refractivity contribution in [2.75, 3.05) is 6.61 Å². The van der Waals surface area contributed by atoms with Gasteiger partial charge in [0.1, 0.15) is 0 Å². The molecule has 1 unspecified atom stereocenters. The monoisotopic (exact) mass is 242 g/mol. The molecule has 1 aromatic rings. The molecule has 2 radical (unpaired) electrons. The van der Waals surface area contributed by atoms with Gasteiger partial charge in [-0.3, -0.25) is 0 Å². The predicted molar refractivity (Wildman–Crippen MR) is 50.1 cm³/mol. The van der Waals surface area contributed by atoms with Gasteiger partial charge in [-0.25, -0.2) is 0 Å². The molecular weight excluding hydrogens is 234 g/mol. The van der Waals surface area contributed by atoms with Crippen molar-refractivity contribution in [3.63, 3.8) is 0 Å². The van der Waals surface area contributed by atoms with Gasteiger partial charge in [-0.15, -0.1) is 0 Å². The average molecular weight is 243 g/mol. The van der Waals surface area contributed by atoms with E-state index < -0.39 is 0 Å². The molecule has 0 bridgehead atoms. The molecular formula is C9H8AsClO. The molecule has 1 aromatic carbocycles. The van der Waals surface area contributed by atoms with Crippen molar-refractivity contribution in [2.45, 2.75) is 11.1 Å². The molecule has 0 aromatic heterocycles. The molecule has 0 amide bonds. The van der Waals surface area contributed by atoms with Crippen molar-refractivity contribution in [3.05, 3.63) is 28.8 Å². The Labute approximate surface area is 85.6 Å². The SMILES string of the molecule is Clc1ccc2c(c1)C([As])CCO2. The van der Waals surface area contributed by atoms with Crippen LogP contribution in [-0.4, -0.2) is 23.5 Å². The van der Waals surface area contributed by atoms with Gasteiger partial charge in [0.25, 0.3) is 0 Å². The second kappa shape index (κ2) is 3.32. The number of benzene rings is 1. The fourth-order valence-corrected chi connectivity index (χ4v) is 2.17. The Morgan fingerprint density at radius 3 is 3.17 bits per heavy atom. The normalized spacial score (nSPS) is 21.3. The number of rotatable bonds is 0. The van der Waals surface area contributed by atoms with Crippen molar-refractivity contribution in [3.8, 4) is 5.75 Å². The van der Waals surface area contributed by atoms with Crippen LogP contribution in [0.4, 0.5) is 0 Å². The zero-order chi connectivity index (χ0) is 8.55. The Morgan fingerprint density at radius 2 is 2.33 bits per heavy atom. The second-order valence-corrected chi connectivity index (χ2v) is 4.58. The van der Waals surface area contributed by atoms with Crippen LogP contribution in [0.1, 0.15) is 16.7 Å². The molecule has 0 saturated carbocycles. The van der Waals surface area contributed by atoms with Crippen molar-refractivity contribution in [1.29, 1.82) is 0 Å². The number of ether oxygens (including phenoxy) is 1. The molecule has 0 aliphatic carbocycles. The van der Waals surface area contributed by atoms with Crippen LogP contribution in [0.2, 0.25) is 5.02 Å². The van der Waals surface area contributed by atoms with Crippen molar-refractivity contribution in [1.82, 2.24) is 0 Å². The van der Waals surface area contributed by atoms with Crippen LogP contribution in [0, 0.1) is 0 Å². The van der Waals surface area contributed by atoms with E-state index in [9.17, 15) is 0 Å². The second-order valence-electron chi connectivity index (χ2n) is 2.84. The van der Waals surface area contributed by atoms with Gasteiger partial charge >= 0.3 is 85.5 Å². The minimum atomic E-state index is 0.514. The zero-order valence-electron chi connectivity index (χ0n) is 6.46. The van der Waals surface area contributed by atoms with E-state index in [2.05, 4.69) is 16.9 Å². The van der Waals surface area contributed by atoms with Crippen molar-refractivity contribution < 1.29 is 4.74 Å². The summed E-state index contributed by atoms with van der Waals surface area (Å²) in [5, 5.41) is 0.787. The van der Waals surface area contributed by atoms with Gasteiger partial charge in [0.2, 0.25) is 0 Å². The minimum absolute atomic E-state index is 0.514. The van der Waals surface area contributed by atoms with Crippen molar-refractivity contribution in [2.24, 2.45) is 0 Å². The predicted octanol–water partition coefficient (Wildman–Crippen LogP) is 2.33. The average Bonchev–Trinajstić information content (AvgIpc) is 2.07. The van der Waals surface area contributed by atoms with Gasteiger partial charge in [-0.1, -0.05) is 0 Å². The Bertz CT molecular complexity index is 301. The summed E-state index contributed by atoms with van der Waals surface area (Å²) in [5.74, 6) is 0.983. The van der Waals surface area contributed by atoms with Crippen LogP contribution >= 0.6 is 11.6 Å². The maximum atomic E-state index is 5.88. The number of fused-ring (bicyclic) bond motifs is 1. The zero-order valence-corrected chi connectivity index (χ0v) is 9.09. The van der Waals surface area contributed by atoms with E-state index >= 15 is 0 Å². The van der Waals surface area contributed by atoms with E-state index in [1.165, 1.54) is 5.56 Å². The van der Waals surface area contributed by atoms with E-state index in [1.54, 1.807) is 0 Å². The molecule has 1 nitrogen and oxygen atoms in total. The summed E-state index contributed by atoms with van der Waals surface area (Å²) in [7, 11) is 0. The maximum absolute atomic E-state index is 5.88. The number of hydrogen-bond acceptors (Lipinski definition) is 1. The molecule has 0 spiro atoms. The van der Waals surface area contributed by atoms with Gasteiger partial charge in [-0.05, 0) is 0 Å². The summed E-state index contributed by atoms with van der Waals surface area (Å²) in [6.07, 6.45) is 1.06. The van der Waals surface area contributed by atoms with E-state index in [-0.39, 0.29) is 0 Å². The summed E-state index contributed by atoms with van der Waals surface area (Å²) in [4.78, 5) is 0. The molecule has 2 rings (SSSR count). The molecule has 1 atom stereocenters. The van der Waals surface area contributed by atoms with Gasteiger partial charge in [0.05, 0.1) is 0 Å². The summed E-state index contributed by atoms with van der Waals surface area (Å²) in [6.45, 7) is 0.814. The van der Waals surface area contributed by atoms with Crippen LogP contribution in [-0.2, 0) is 0 Å². The molecule has 62 valence electrons. The summed E-state index contributed by atoms with van der Waals surface area (Å²) < 4.78 is 5.99. The first kappa shape index (κ1) is 8.47. The van der Waals surface area contributed by atoms with Crippen LogP contribution in [0.15, 0.2) is 18.2 Å². The molecule has 3 heteroatoms. The first-order valence-corrected chi connectivity index (χ1v) is 5.34. The van der Waals surface area contributed by atoms with Crippen LogP contribution < -0.4 is 4.74 Å². The first-order valence-electron chi connectivity index (χ1n) is 3.87. The van der Waals surface area contributed by atoms with Crippen molar-refractivity contribution >= 4 is 28.5 Å². The van der Waals surface area contributed by atoms with Gasteiger partial charge in [0.15, 0.2) is 0 Å². The van der Waals surface area contributed by atoms with E-state index in [0.29, 0.717) is 4.71 Å². The van der Waals surface area contributed by atoms with E-state index in [1.807, 2.05) is 18.2 Å². The topological polar surface area (TPSA) is 9.23 Å². The van der Waals surface area contributed by atoms with Crippen LogP contribution in [0.25, 0.3) is 0 Å². The summed E-state index contributed by atoms with van der Waals surface area (Å²) >= 11 is 8.54. The molecule has 12 heavy (non-hydrogen) atoms. The molecule has 0 saturated heterocycles. The van der Waals surface area contributed by atoms with Crippen LogP contribution in [0.3, 0.4) is 0 Å². The van der Waals surface area contributed by atoms with Crippen LogP contribution in [0.5, 0.6) is 5.75 Å². The third-order valence-electron chi connectivity index (χ3n) is 1.98. The number of halogens is 1. The quantitative estimate of drug-likeness (QED) is 0.635. The molecule has 0 fully saturated rings. The molecule has 0 N–H and O–H groups in total. The molecule has 1 aliphatic rings. The number of hydrogen-bond donors (Lipinski definition) is 0. The Balaban J connectivity index is 2.47. The fraction of sp³-hybridized carbons (Fsp3) is 0.333. The fourth-order valence-electron chi connectivity index (χ4n) is 1.35. The Morgan fingerprint density at radius 1 is 1.50 bits per heavy atom. The van der Waals surface area contributed by atoms with Gasteiger partial charge < -0.3 is 0 Å². The van der Waals surface area contributed by atoms with Gasteiger partial charge in [0, 0.05) is 0 Å². The first-order chi connectivity index (χ1) is 5.77. The standard InChI is InChI=1S/C9H8AsClO/c10-8-3-4-12-9-2-1-6(11)5-7(8)9/h1-2,5,8H,3-4H2. The Hall–Kier alpha value is -0.132. The third kappa shape index (κ3) is 1.48. The molecule has 1 heterocycles. The Kier molecular flexibility index (Phi) is 2.34. The van der Waals surface area contributed by atoms with E-state index in [4.69, 9.17) is 16.3 Å².